The Labute approximate surface area is 170 Å². The zero-order valence-electron chi connectivity index (χ0n) is 16.1. The fourth-order valence-corrected chi connectivity index (χ4v) is 2.16. The quantitative estimate of drug-likeness (QED) is 0.424. The molecule has 0 amide bonds. The number of hydrogen-bond donors (Lipinski definition) is 0. The van der Waals surface area contributed by atoms with E-state index in [4.69, 9.17) is 19.5 Å². The molecule has 0 saturated heterocycles. The van der Waals surface area contributed by atoms with Gasteiger partial charge in [0.2, 0.25) is 0 Å². The van der Waals surface area contributed by atoms with Crippen LogP contribution in [0.2, 0.25) is 0 Å². The average Bonchev–Trinajstić information content (AvgIpc) is 2.62. The van der Waals surface area contributed by atoms with Gasteiger partial charge in [-0.25, -0.2) is 0 Å². The SMILES string of the molecule is COCC#Cc1c[c-]c(C#N)cc1.[CH2-]CC(C[CH2-])OC1CC(OC)C1.[Li+]. The van der Waals surface area contributed by atoms with Crippen molar-refractivity contribution in [2.45, 2.75) is 44.0 Å². The maximum absolute atomic E-state index is 8.51. The second-order valence-corrected chi connectivity index (χ2v) is 5.62. The summed E-state index contributed by atoms with van der Waals surface area (Å²) in [6, 6.07) is 9.98. The van der Waals surface area contributed by atoms with Crippen LogP contribution in [0.15, 0.2) is 18.2 Å². The molecule has 1 aliphatic rings. The van der Waals surface area contributed by atoms with Crippen molar-refractivity contribution in [1.82, 2.24) is 0 Å². The van der Waals surface area contributed by atoms with Gasteiger partial charge in [-0.3, -0.25) is 5.26 Å². The van der Waals surface area contributed by atoms with Gasteiger partial charge in [-0.15, -0.1) is 30.2 Å². The van der Waals surface area contributed by atoms with Crippen LogP contribution < -0.4 is 18.9 Å². The largest absolute Gasteiger partial charge is 1.00 e. The maximum atomic E-state index is 8.51. The average molecular weight is 347 g/mol. The number of ether oxygens (including phenoxy) is 3. The Balaban J connectivity index is 0.000000464. The van der Waals surface area contributed by atoms with E-state index < -0.39 is 0 Å². The van der Waals surface area contributed by atoms with Crippen molar-refractivity contribution in [3.8, 4) is 17.9 Å². The molecule has 136 valence electrons. The molecule has 1 aliphatic carbocycles. The molecule has 2 rings (SSSR count). The Morgan fingerprint density at radius 1 is 1.23 bits per heavy atom. The topological polar surface area (TPSA) is 51.5 Å². The van der Waals surface area contributed by atoms with Gasteiger partial charge in [0, 0.05) is 20.3 Å². The van der Waals surface area contributed by atoms with E-state index in [1.165, 1.54) is 0 Å². The standard InChI is InChI=1S/C11H8NO.C10H18O2.Li/c1-13-8-2-3-10-4-6-11(9-12)7-5-10;1-4-8(5-2)12-10-6-9(7-10)11-3;/h4-6H,8H2,1H3;8-10H,1-2,4-7H2,3H3;/q-1;-2;+1. The molecule has 0 spiro atoms. The van der Waals surface area contributed by atoms with Crippen LogP contribution in [0.5, 0.6) is 0 Å². The van der Waals surface area contributed by atoms with Gasteiger partial charge in [0.1, 0.15) is 6.61 Å². The van der Waals surface area contributed by atoms with Crippen LogP contribution in [-0.4, -0.2) is 39.1 Å². The first-order valence-corrected chi connectivity index (χ1v) is 8.33. The smallest absolute Gasteiger partial charge is 0.381 e. The Morgan fingerprint density at radius 2 is 1.92 bits per heavy atom. The van der Waals surface area contributed by atoms with Gasteiger partial charge in [-0.1, -0.05) is 17.0 Å². The Kier molecular flexibility index (Phi) is 14.2. The monoisotopic (exact) mass is 347 g/mol. The summed E-state index contributed by atoms with van der Waals surface area (Å²) in [6.45, 7) is 8.04. The summed E-state index contributed by atoms with van der Waals surface area (Å²) >= 11 is 0. The van der Waals surface area contributed by atoms with E-state index in [0.29, 0.717) is 24.4 Å². The number of nitriles is 1. The van der Waals surface area contributed by atoms with E-state index in [1.807, 2.05) is 6.07 Å². The minimum atomic E-state index is 0. The van der Waals surface area contributed by atoms with Crippen LogP contribution >= 0.6 is 0 Å². The summed E-state index contributed by atoms with van der Waals surface area (Å²) in [4.78, 5) is 0. The summed E-state index contributed by atoms with van der Waals surface area (Å²) in [6.07, 6.45) is 4.76. The van der Waals surface area contributed by atoms with Gasteiger partial charge in [0.25, 0.3) is 0 Å². The second-order valence-electron chi connectivity index (χ2n) is 5.62. The van der Waals surface area contributed by atoms with Gasteiger partial charge >= 0.3 is 18.9 Å². The van der Waals surface area contributed by atoms with E-state index in [2.05, 4.69) is 31.8 Å². The number of nitrogens with zero attached hydrogens (tertiary/aromatic N) is 1. The summed E-state index contributed by atoms with van der Waals surface area (Å²) in [5, 5.41) is 8.51. The van der Waals surface area contributed by atoms with Crippen LogP contribution in [0.1, 0.15) is 36.8 Å². The van der Waals surface area contributed by atoms with Crippen molar-refractivity contribution >= 4 is 0 Å². The first-order valence-electron chi connectivity index (χ1n) is 8.33. The van der Waals surface area contributed by atoms with Gasteiger partial charge < -0.3 is 28.1 Å². The minimum absolute atomic E-state index is 0. The third-order valence-corrected chi connectivity index (χ3v) is 3.80. The molecule has 5 heteroatoms. The van der Waals surface area contributed by atoms with E-state index in [0.717, 1.165) is 31.2 Å². The normalized spacial score (nSPS) is 17.5. The molecule has 1 saturated carbocycles. The van der Waals surface area contributed by atoms with E-state index in [1.54, 1.807) is 32.4 Å². The molecule has 0 N–H and O–H groups in total. The first kappa shape index (κ1) is 24.7. The van der Waals surface area contributed by atoms with Crippen molar-refractivity contribution in [1.29, 1.82) is 5.26 Å². The summed E-state index contributed by atoms with van der Waals surface area (Å²) < 4.78 is 15.6. The van der Waals surface area contributed by atoms with Crippen molar-refractivity contribution in [2.75, 3.05) is 20.8 Å². The van der Waals surface area contributed by atoms with Crippen LogP contribution in [0.4, 0.5) is 0 Å². The molecule has 0 heterocycles. The van der Waals surface area contributed by atoms with E-state index in [-0.39, 0.29) is 25.0 Å². The fourth-order valence-electron chi connectivity index (χ4n) is 2.16. The molecule has 0 aliphatic heterocycles. The van der Waals surface area contributed by atoms with Gasteiger partial charge in [0.05, 0.1) is 12.2 Å². The second kappa shape index (κ2) is 14.9. The number of hydrogen-bond acceptors (Lipinski definition) is 4. The van der Waals surface area contributed by atoms with Crippen molar-refractivity contribution in [3.63, 3.8) is 0 Å². The fraction of sp³-hybridized carbons (Fsp3) is 0.476. The van der Waals surface area contributed by atoms with Crippen molar-refractivity contribution in [2.24, 2.45) is 0 Å². The third kappa shape index (κ3) is 9.45. The Bertz CT molecular complexity index is 576. The molecule has 0 atom stereocenters. The third-order valence-electron chi connectivity index (χ3n) is 3.80. The molecular formula is C21H26LiNO3-2. The summed E-state index contributed by atoms with van der Waals surface area (Å²) in [5.41, 5.74) is 1.37. The zero-order chi connectivity index (χ0) is 18.5. The molecule has 0 radical (unpaired) electrons. The van der Waals surface area contributed by atoms with E-state index >= 15 is 0 Å². The molecule has 4 nitrogen and oxygen atoms in total. The van der Waals surface area contributed by atoms with Gasteiger partial charge in [-0.2, -0.15) is 12.8 Å². The molecule has 0 aromatic heterocycles. The Hall–Kier alpha value is -1.25. The van der Waals surface area contributed by atoms with Crippen molar-refractivity contribution < 1.29 is 33.1 Å². The van der Waals surface area contributed by atoms with Crippen LogP contribution in [0.25, 0.3) is 0 Å². The first-order chi connectivity index (χ1) is 12.2. The number of benzene rings is 1. The molecule has 0 bridgehead atoms. The van der Waals surface area contributed by atoms with E-state index in [9.17, 15) is 0 Å². The molecular weight excluding hydrogens is 321 g/mol. The molecule has 1 aromatic rings. The van der Waals surface area contributed by atoms with Crippen LogP contribution in [0.3, 0.4) is 0 Å². The Morgan fingerprint density at radius 3 is 2.38 bits per heavy atom. The minimum Gasteiger partial charge on any atom is -0.381 e. The molecule has 1 fully saturated rings. The molecule has 1 aromatic carbocycles. The predicted octanol–water partition coefficient (Wildman–Crippen LogP) is 0.358. The summed E-state index contributed by atoms with van der Waals surface area (Å²) in [7, 11) is 3.35. The van der Waals surface area contributed by atoms with Crippen LogP contribution in [-0.2, 0) is 14.2 Å². The van der Waals surface area contributed by atoms with Gasteiger partial charge in [0.15, 0.2) is 0 Å². The molecule has 0 unspecified atom stereocenters. The van der Waals surface area contributed by atoms with Crippen LogP contribution in [0, 0.1) is 43.1 Å². The molecule has 26 heavy (non-hydrogen) atoms. The predicted molar refractivity (Wildman–Crippen MR) is 97.4 cm³/mol. The number of rotatable bonds is 6. The van der Waals surface area contributed by atoms with Gasteiger partial charge in [-0.05, 0) is 18.9 Å². The number of methoxy groups -OCH3 is 2. The maximum Gasteiger partial charge on any atom is 1.00 e. The summed E-state index contributed by atoms with van der Waals surface area (Å²) in [5.74, 6) is 5.69. The zero-order valence-corrected chi connectivity index (χ0v) is 16.1. The van der Waals surface area contributed by atoms with Crippen molar-refractivity contribution in [3.05, 3.63) is 49.2 Å².